The predicted octanol–water partition coefficient (Wildman–Crippen LogP) is -1.74. The monoisotopic (exact) mass is 167 g/mol. The summed E-state index contributed by atoms with van der Waals surface area (Å²) in [6.07, 6.45) is 0. The molecule has 0 saturated carbocycles. The van der Waals surface area contributed by atoms with E-state index >= 15 is 0 Å². The van der Waals surface area contributed by atoms with Gasteiger partial charge >= 0.3 is 0 Å². The fourth-order valence-corrected chi connectivity index (χ4v) is 0.898. The van der Waals surface area contributed by atoms with Crippen molar-refractivity contribution in [3.63, 3.8) is 0 Å². The molecule has 0 aromatic rings. The van der Waals surface area contributed by atoms with Crippen LogP contribution < -0.4 is 14.8 Å². The maximum absolute atomic E-state index is 10.6. The van der Waals surface area contributed by atoms with Crippen LogP contribution in [0.4, 0.5) is 0 Å². The van der Waals surface area contributed by atoms with E-state index in [9.17, 15) is 8.42 Å². The molecule has 0 aliphatic heterocycles. The molecule has 5 nitrogen and oxygen atoms in total. The normalized spacial score (nSPS) is 11.8. The second-order valence-corrected chi connectivity index (χ2v) is 3.41. The molecule has 0 bridgehead atoms. The van der Waals surface area contributed by atoms with Crippen molar-refractivity contribution in [1.29, 1.82) is 0 Å². The Labute approximate surface area is 61.4 Å². The van der Waals surface area contributed by atoms with Crippen LogP contribution in [-0.2, 0) is 10.2 Å². The van der Waals surface area contributed by atoms with Crippen LogP contribution in [0.2, 0.25) is 0 Å². The van der Waals surface area contributed by atoms with Crippen molar-refractivity contribution >= 4 is 10.2 Å². The van der Waals surface area contributed by atoms with Gasteiger partial charge in [-0.2, -0.15) is 8.42 Å². The number of rotatable bonds is 5. The highest BCUT2D eigenvalue weighted by molar-refractivity contribution is 7.87. The van der Waals surface area contributed by atoms with E-state index < -0.39 is 10.2 Å². The molecule has 0 aliphatic carbocycles. The van der Waals surface area contributed by atoms with Crippen molar-refractivity contribution < 1.29 is 8.42 Å². The smallest absolute Gasteiger partial charge is 0.276 e. The van der Waals surface area contributed by atoms with E-state index in [4.69, 9.17) is 0 Å². The fourth-order valence-electron chi connectivity index (χ4n) is 0.383. The van der Waals surface area contributed by atoms with Crippen molar-refractivity contribution in [2.45, 2.75) is 0 Å². The lowest BCUT2D eigenvalue weighted by Crippen LogP contribution is -2.37. The highest BCUT2D eigenvalue weighted by Crippen LogP contribution is 1.69. The molecule has 0 heterocycles. The van der Waals surface area contributed by atoms with E-state index in [1.54, 1.807) is 7.05 Å². The molecule has 0 amide bonds. The Morgan fingerprint density at radius 1 is 1.20 bits per heavy atom. The van der Waals surface area contributed by atoms with Crippen LogP contribution in [0, 0.1) is 0 Å². The highest BCUT2D eigenvalue weighted by atomic mass is 32.2. The molecular formula is C4H13N3O2S. The Kier molecular flexibility index (Phi) is 4.54. The van der Waals surface area contributed by atoms with Gasteiger partial charge in [0.15, 0.2) is 0 Å². The van der Waals surface area contributed by atoms with Crippen LogP contribution in [0.25, 0.3) is 0 Å². The second kappa shape index (κ2) is 4.62. The topological polar surface area (TPSA) is 70.2 Å². The van der Waals surface area contributed by atoms with Gasteiger partial charge in [-0.25, -0.2) is 9.44 Å². The average molecular weight is 167 g/mol. The zero-order valence-electron chi connectivity index (χ0n) is 6.14. The van der Waals surface area contributed by atoms with E-state index in [2.05, 4.69) is 14.8 Å². The molecule has 0 fully saturated rings. The number of hydrogen-bond donors (Lipinski definition) is 3. The zero-order chi connectivity index (χ0) is 8.04. The second-order valence-electron chi connectivity index (χ2n) is 1.71. The van der Waals surface area contributed by atoms with Gasteiger partial charge in [-0.1, -0.05) is 0 Å². The van der Waals surface area contributed by atoms with Crippen LogP contribution in [0.3, 0.4) is 0 Å². The minimum atomic E-state index is -3.23. The van der Waals surface area contributed by atoms with Crippen molar-refractivity contribution in [3.05, 3.63) is 0 Å². The maximum Gasteiger partial charge on any atom is 0.276 e. The molecule has 6 heteroatoms. The Balaban J connectivity index is 3.49. The minimum absolute atomic E-state index is 0.402. The summed E-state index contributed by atoms with van der Waals surface area (Å²) in [4.78, 5) is 0. The Bertz CT molecular complexity index is 165. The van der Waals surface area contributed by atoms with Gasteiger partial charge in [0.2, 0.25) is 0 Å². The molecule has 0 spiro atoms. The van der Waals surface area contributed by atoms with Crippen LogP contribution in [0.5, 0.6) is 0 Å². The summed E-state index contributed by atoms with van der Waals surface area (Å²) < 4.78 is 25.7. The van der Waals surface area contributed by atoms with E-state index in [0.717, 1.165) is 0 Å². The molecule has 0 aliphatic rings. The average Bonchev–Trinajstić information content (AvgIpc) is 1.89. The summed E-state index contributed by atoms with van der Waals surface area (Å²) in [6, 6.07) is 0. The van der Waals surface area contributed by atoms with E-state index in [1.165, 1.54) is 7.05 Å². The summed E-state index contributed by atoms with van der Waals surface area (Å²) in [5, 5.41) is 2.81. The lowest BCUT2D eigenvalue weighted by molar-refractivity contribution is 0.571. The first-order valence-electron chi connectivity index (χ1n) is 2.95. The van der Waals surface area contributed by atoms with E-state index in [-0.39, 0.29) is 0 Å². The largest absolute Gasteiger partial charge is 0.318 e. The van der Waals surface area contributed by atoms with Crippen molar-refractivity contribution in [2.75, 3.05) is 27.2 Å². The van der Waals surface area contributed by atoms with Crippen molar-refractivity contribution in [2.24, 2.45) is 0 Å². The predicted molar refractivity (Wildman–Crippen MR) is 39.9 cm³/mol. The molecule has 0 aromatic heterocycles. The van der Waals surface area contributed by atoms with Gasteiger partial charge < -0.3 is 5.32 Å². The summed E-state index contributed by atoms with van der Waals surface area (Å²) >= 11 is 0. The molecule has 62 valence electrons. The van der Waals surface area contributed by atoms with Crippen LogP contribution in [0.1, 0.15) is 0 Å². The van der Waals surface area contributed by atoms with Crippen molar-refractivity contribution in [1.82, 2.24) is 14.8 Å². The molecular weight excluding hydrogens is 154 g/mol. The van der Waals surface area contributed by atoms with Crippen LogP contribution >= 0.6 is 0 Å². The summed E-state index contributed by atoms with van der Waals surface area (Å²) in [7, 11) is -0.111. The Morgan fingerprint density at radius 3 is 2.20 bits per heavy atom. The van der Waals surface area contributed by atoms with Gasteiger partial charge in [0, 0.05) is 20.1 Å². The van der Waals surface area contributed by atoms with E-state index in [1.807, 2.05) is 0 Å². The van der Waals surface area contributed by atoms with Gasteiger partial charge in [-0.3, -0.25) is 0 Å². The van der Waals surface area contributed by atoms with Crippen molar-refractivity contribution in [3.8, 4) is 0 Å². The lowest BCUT2D eigenvalue weighted by Gasteiger charge is -2.02. The summed E-state index contributed by atoms with van der Waals surface area (Å²) in [5.74, 6) is 0. The molecule has 3 N–H and O–H groups in total. The first-order valence-corrected chi connectivity index (χ1v) is 4.43. The standard InChI is InChI=1S/C4H13N3O2S/c1-5-3-4-7-10(8,9)6-2/h5-7H,3-4H2,1-2H3. The van der Waals surface area contributed by atoms with Crippen LogP contribution in [0.15, 0.2) is 0 Å². The third-order valence-corrected chi connectivity index (χ3v) is 2.06. The van der Waals surface area contributed by atoms with Gasteiger partial charge in [0.25, 0.3) is 10.2 Å². The molecule has 10 heavy (non-hydrogen) atoms. The Hall–Kier alpha value is -0.170. The summed E-state index contributed by atoms with van der Waals surface area (Å²) in [6.45, 7) is 1.03. The lowest BCUT2D eigenvalue weighted by atomic mass is 10.7. The third kappa shape index (κ3) is 4.68. The van der Waals surface area contributed by atoms with E-state index in [0.29, 0.717) is 13.1 Å². The molecule has 0 radical (unpaired) electrons. The molecule has 0 saturated heterocycles. The third-order valence-electron chi connectivity index (χ3n) is 0.936. The number of likely N-dealkylation sites (N-methyl/N-ethyl adjacent to an activating group) is 1. The maximum atomic E-state index is 10.6. The molecule has 0 aromatic carbocycles. The first-order chi connectivity index (χ1) is 4.62. The molecule has 0 atom stereocenters. The van der Waals surface area contributed by atoms with Gasteiger partial charge in [0.1, 0.15) is 0 Å². The van der Waals surface area contributed by atoms with Gasteiger partial charge in [-0.05, 0) is 7.05 Å². The molecule has 0 rings (SSSR count). The number of nitrogens with one attached hydrogen (secondary N) is 3. The Morgan fingerprint density at radius 2 is 1.80 bits per heavy atom. The van der Waals surface area contributed by atoms with Gasteiger partial charge in [0.05, 0.1) is 0 Å². The fraction of sp³-hybridized carbons (Fsp3) is 1.00. The van der Waals surface area contributed by atoms with Gasteiger partial charge in [-0.15, -0.1) is 0 Å². The first kappa shape index (κ1) is 9.83. The molecule has 0 unspecified atom stereocenters. The summed E-state index contributed by atoms with van der Waals surface area (Å²) in [5.41, 5.74) is 0. The SMILES string of the molecule is CNCCNS(=O)(=O)NC. The zero-order valence-corrected chi connectivity index (χ0v) is 6.96. The highest BCUT2D eigenvalue weighted by Gasteiger charge is 2.01. The van der Waals surface area contributed by atoms with Crippen LogP contribution in [-0.4, -0.2) is 35.6 Å². The number of hydrogen-bond acceptors (Lipinski definition) is 3. The minimum Gasteiger partial charge on any atom is -0.318 e. The quantitative estimate of drug-likeness (QED) is 0.426.